The lowest BCUT2D eigenvalue weighted by molar-refractivity contribution is -0.118. The first kappa shape index (κ1) is 16.3. The third-order valence-electron chi connectivity index (χ3n) is 3.61. The van der Waals surface area contributed by atoms with Crippen LogP contribution in [-0.4, -0.2) is 11.9 Å². The third kappa shape index (κ3) is 4.47. The van der Waals surface area contributed by atoms with Gasteiger partial charge < -0.3 is 10.6 Å². The first-order valence-corrected chi connectivity index (χ1v) is 7.60. The Labute approximate surface area is 134 Å². The number of hydrogen-bond donors (Lipinski definition) is 2. The molecule has 116 valence electrons. The van der Waals surface area contributed by atoms with Gasteiger partial charge in [-0.25, -0.2) is 4.39 Å². The van der Waals surface area contributed by atoms with Crippen molar-refractivity contribution in [3.63, 3.8) is 0 Å². The van der Waals surface area contributed by atoms with Crippen LogP contribution >= 0.6 is 11.6 Å². The second kappa shape index (κ2) is 7.81. The SMILES string of the molecule is N#C/C(=C/Nc1ccc(F)c(Cl)c1)C(=O)NC1CCCCC1. The Bertz CT molecular complexity index is 618. The number of rotatable bonds is 4. The van der Waals surface area contributed by atoms with Crippen molar-refractivity contribution in [3.8, 4) is 6.07 Å². The van der Waals surface area contributed by atoms with E-state index in [1.165, 1.54) is 30.8 Å². The molecule has 1 fully saturated rings. The Hall–Kier alpha value is -2.06. The lowest BCUT2D eigenvalue weighted by Gasteiger charge is -2.22. The highest BCUT2D eigenvalue weighted by Gasteiger charge is 2.17. The summed E-state index contributed by atoms with van der Waals surface area (Å²) in [6, 6.07) is 6.09. The third-order valence-corrected chi connectivity index (χ3v) is 3.90. The number of nitrogens with one attached hydrogen (secondary N) is 2. The lowest BCUT2D eigenvalue weighted by Crippen LogP contribution is -2.37. The molecule has 2 N–H and O–H groups in total. The van der Waals surface area contributed by atoms with Gasteiger partial charge in [-0.2, -0.15) is 5.26 Å². The molecular formula is C16H17ClFN3O. The minimum absolute atomic E-state index is 0.0222. The van der Waals surface area contributed by atoms with Gasteiger partial charge in [0, 0.05) is 17.9 Å². The smallest absolute Gasteiger partial charge is 0.263 e. The molecule has 0 aliphatic heterocycles. The summed E-state index contributed by atoms with van der Waals surface area (Å²) in [6.07, 6.45) is 6.60. The zero-order valence-electron chi connectivity index (χ0n) is 12.0. The summed E-state index contributed by atoms with van der Waals surface area (Å²) < 4.78 is 13.1. The Morgan fingerprint density at radius 1 is 1.36 bits per heavy atom. The predicted octanol–water partition coefficient (Wildman–Crippen LogP) is 3.75. The average Bonchev–Trinajstić information content (AvgIpc) is 2.52. The van der Waals surface area contributed by atoms with Crippen molar-refractivity contribution in [2.75, 3.05) is 5.32 Å². The quantitative estimate of drug-likeness (QED) is 0.655. The highest BCUT2D eigenvalue weighted by molar-refractivity contribution is 6.31. The second-order valence-corrected chi connectivity index (χ2v) is 5.66. The lowest BCUT2D eigenvalue weighted by atomic mass is 9.95. The van der Waals surface area contributed by atoms with Crippen LogP contribution in [0.25, 0.3) is 0 Å². The number of carbonyl (C=O) groups excluding carboxylic acids is 1. The summed E-state index contributed by atoms with van der Waals surface area (Å²) in [5.74, 6) is -0.915. The van der Waals surface area contributed by atoms with Crippen molar-refractivity contribution < 1.29 is 9.18 Å². The van der Waals surface area contributed by atoms with Crippen LogP contribution in [0.5, 0.6) is 0 Å². The van der Waals surface area contributed by atoms with Gasteiger partial charge in [0.2, 0.25) is 0 Å². The van der Waals surface area contributed by atoms with Crippen molar-refractivity contribution in [2.24, 2.45) is 0 Å². The van der Waals surface area contributed by atoms with E-state index in [0.717, 1.165) is 25.7 Å². The first-order chi connectivity index (χ1) is 10.6. The maximum atomic E-state index is 13.1. The standard InChI is InChI=1S/C16H17ClFN3O/c17-14-8-13(6-7-15(14)18)20-10-11(9-19)16(22)21-12-4-2-1-3-5-12/h6-8,10,12,20H,1-5H2,(H,21,22)/b11-10-. The molecule has 0 saturated heterocycles. The summed E-state index contributed by atoms with van der Waals surface area (Å²) in [4.78, 5) is 12.1. The van der Waals surface area contributed by atoms with Crippen molar-refractivity contribution in [1.29, 1.82) is 5.26 Å². The summed E-state index contributed by atoms with van der Waals surface area (Å²) in [5.41, 5.74) is 0.482. The first-order valence-electron chi connectivity index (χ1n) is 7.23. The molecule has 0 aromatic heterocycles. The number of nitriles is 1. The van der Waals surface area contributed by atoms with Gasteiger partial charge in [0.1, 0.15) is 17.5 Å². The summed E-state index contributed by atoms with van der Waals surface area (Å²) in [5, 5.41) is 14.7. The van der Waals surface area contributed by atoms with Gasteiger partial charge in [-0.05, 0) is 31.0 Å². The van der Waals surface area contributed by atoms with E-state index in [1.807, 2.05) is 6.07 Å². The number of halogens is 2. The normalized spacial score (nSPS) is 16.0. The molecule has 4 nitrogen and oxygen atoms in total. The fraction of sp³-hybridized carbons (Fsp3) is 0.375. The van der Waals surface area contributed by atoms with Crippen molar-refractivity contribution in [3.05, 3.63) is 40.8 Å². The molecule has 1 saturated carbocycles. The van der Waals surface area contributed by atoms with Crippen LogP contribution in [0.1, 0.15) is 32.1 Å². The van der Waals surface area contributed by atoms with Crippen LogP contribution in [-0.2, 0) is 4.79 Å². The molecule has 2 rings (SSSR count). The zero-order valence-corrected chi connectivity index (χ0v) is 12.8. The molecule has 0 spiro atoms. The Morgan fingerprint density at radius 2 is 2.09 bits per heavy atom. The molecule has 1 aromatic carbocycles. The van der Waals surface area contributed by atoms with Crippen molar-refractivity contribution in [2.45, 2.75) is 38.1 Å². The van der Waals surface area contributed by atoms with E-state index in [1.54, 1.807) is 0 Å². The van der Waals surface area contributed by atoms with Crippen molar-refractivity contribution >= 4 is 23.2 Å². The summed E-state index contributed by atoms with van der Waals surface area (Å²) in [6.45, 7) is 0. The van der Waals surface area contributed by atoms with Gasteiger partial charge in [0.15, 0.2) is 0 Å². The van der Waals surface area contributed by atoms with E-state index in [9.17, 15) is 9.18 Å². The van der Waals surface area contributed by atoms with Crippen molar-refractivity contribution in [1.82, 2.24) is 5.32 Å². The molecule has 1 aromatic rings. The maximum Gasteiger partial charge on any atom is 0.263 e. The van der Waals surface area contributed by atoms with E-state index < -0.39 is 11.7 Å². The van der Waals surface area contributed by atoms with E-state index in [0.29, 0.717) is 5.69 Å². The van der Waals surface area contributed by atoms with Gasteiger partial charge in [-0.1, -0.05) is 30.9 Å². The molecule has 6 heteroatoms. The van der Waals surface area contributed by atoms with Crippen LogP contribution in [0.4, 0.5) is 10.1 Å². The Balaban J connectivity index is 1.98. The molecule has 22 heavy (non-hydrogen) atoms. The fourth-order valence-electron chi connectivity index (χ4n) is 2.40. The molecule has 0 atom stereocenters. The monoisotopic (exact) mass is 321 g/mol. The topological polar surface area (TPSA) is 64.9 Å². The molecule has 0 unspecified atom stereocenters. The molecule has 0 heterocycles. The number of hydrogen-bond acceptors (Lipinski definition) is 3. The highest BCUT2D eigenvalue weighted by atomic mass is 35.5. The fourth-order valence-corrected chi connectivity index (χ4v) is 2.58. The molecule has 1 amide bonds. The van der Waals surface area contributed by atoms with Crippen LogP contribution < -0.4 is 10.6 Å². The van der Waals surface area contributed by atoms with E-state index in [-0.39, 0.29) is 16.6 Å². The minimum atomic E-state index is -0.522. The minimum Gasteiger partial charge on any atom is -0.360 e. The number of anilines is 1. The Morgan fingerprint density at radius 3 is 2.73 bits per heavy atom. The summed E-state index contributed by atoms with van der Waals surface area (Å²) >= 11 is 5.67. The summed E-state index contributed by atoms with van der Waals surface area (Å²) in [7, 11) is 0. The predicted molar refractivity (Wildman–Crippen MR) is 83.7 cm³/mol. The van der Waals surface area contributed by atoms with E-state index in [4.69, 9.17) is 16.9 Å². The van der Waals surface area contributed by atoms with Gasteiger partial charge >= 0.3 is 0 Å². The van der Waals surface area contributed by atoms with Gasteiger partial charge in [-0.3, -0.25) is 4.79 Å². The van der Waals surface area contributed by atoms with E-state index >= 15 is 0 Å². The average molecular weight is 322 g/mol. The van der Waals surface area contributed by atoms with Gasteiger partial charge in [0.05, 0.1) is 5.02 Å². The molecule has 0 radical (unpaired) electrons. The number of amides is 1. The molecular weight excluding hydrogens is 305 g/mol. The zero-order chi connectivity index (χ0) is 15.9. The van der Waals surface area contributed by atoms with Crippen LogP contribution in [0, 0.1) is 17.1 Å². The van der Waals surface area contributed by atoms with Crippen LogP contribution in [0.15, 0.2) is 30.0 Å². The number of nitrogens with zero attached hydrogens (tertiary/aromatic N) is 1. The molecule has 1 aliphatic rings. The Kier molecular flexibility index (Phi) is 5.79. The van der Waals surface area contributed by atoms with Gasteiger partial charge in [-0.15, -0.1) is 0 Å². The van der Waals surface area contributed by atoms with Gasteiger partial charge in [0.25, 0.3) is 5.91 Å². The largest absolute Gasteiger partial charge is 0.360 e. The van der Waals surface area contributed by atoms with Crippen LogP contribution in [0.3, 0.4) is 0 Å². The van der Waals surface area contributed by atoms with Crippen LogP contribution in [0.2, 0.25) is 5.02 Å². The highest BCUT2D eigenvalue weighted by Crippen LogP contribution is 2.20. The van der Waals surface area contributed by atoms with E-state index in [2.05, 4.69) is 10.6 Å². The molecule has 0 bridgehead atoms. The maximum absolute atomic E-state index is 13.1. The second-order valence-electron chi connectivity index (χ2n) is 5.25. The molecule has 1 aliphatic carbocycles. The number of carbonyl (C=O) groups is 1. The number of benzene rings is 1.